The van der Waals surface area contributed by atoms with E-state index in [2.05, 4.69) is 235 Å². The van der Waals surface area contributed by atoms with Crippen molar-refractivity contribution in [1.29, 1.82) is 0 Å². The van der Waals surface area contributed by atoms with Crippen LogP contribution in [0.5, 0.6) is 0 Å². The Morgan fingerprint density at radius 1 is 0.327 bits per heavy atom. The second-order valence-corrected chi connectivity index (χ2v) is 41.7. The van der Waals surface area contributed by atoms with E-state index in [1.54, 1.807) is 109 Å². The van der Waals surface area contributed by atoms with Crippen LogP contribution >= 0.6 is 46.7 Å². The van der Waals surface area contributed by atoms with Crippen LogP contribution in [-0.2, 0) is 27.0 Å². The van der Waals surface area contributed by atoms with E-state index in [9.17, 15) is 0 Å². The fraction of sp³-hybridized carbons (Fsp3) is 0.315. The molecule has 12 heteroatoms. The van der Waals surface area contributed by atoms with Crippen LogP contribution in [0.3, 0.4) is 0 Å². The van der Waals surface area contributed by atoms with Crippen LogP contribution in [0, 0.1) is 41.0 Å². The standard InChI is InChI=1S/C18H33P.2C17H19N2.2C15H10.C5H5N.2CH4.4ClH.2Ru/c1-4-10-16(11-5-1)19(17-12-6-2-7-13-17)18-14-8-3-9-15-18;2*1-14-7-3-5-9-16(14)18-11-12-19(13-18)17-10-6-4-8-15(17)2;2*1-2-6-12(7-3-1)15-11-10-13-8-4-5-9-14(13)15;1-2-4-6-5-3-1;;;;;;;;/h16-18H,1-15H2;2*3-10,13H,11-12H2,1-2H3;2*1-9,11H;1-5H;2*1H4;4*1H;;/q;2*-1;;;;;;;;;;2*+2/p-3. The molecule has 0 radical (unpaired) electrons. The molecule has 0 N–H and O–H groups in total. The summed E-state index contributed by atoms with van der Waals surface area (Å²) in [5, 5.41) is 0. The number of aryl methyl sites for hydroxylation is 4. The Morgan fingerprint density at radius 3 is 0.842 bits per heavy atom. The molecule has 8 aromatic carbocycles. The van der Waals surface area contributed by atoms with E-state index < -0.39 is 27.0 Å². The number of fused-ring (bicyclic) bond motifs is 2. The van der Waals surface area contributed by atoms with Crippen molar-refractivity contribution in [2.45, 2.75) is 156 Å². The Labute approximate surface area is 634 Å². The van der Waals surface area contributed by atoms with E-state index in [1.807, 2.05) is 66.7 Å². The quantitative estimate of drug-likeness (QED) is 0.0815. The minimum absolute atomic E-state index is 0. The van der Waals surface area contributed by atoms with Crippen LogP contribution in [0.4, 0.5) is 22.7 Å². The van der Waals surface area contributed by atoms with E-state index in [4.69, 9.17) is 38.8 Å². The van der Waals surface area contributed by atoms with Gasteiger partial charge in [-0.2, -0.15) is 13.3 Å². The van der Waals surface area contributed by atoms with Gasteiger partial charge in [0.15, 0.2) is 0 Å². The summed E-state index contributed by atoms with van der Waals surface area (Å²) in [7, 11) is 24.7. The number of aromatic nitrogens is 1. The average Bonchev–Trinajstić information content (AvgIpc) is 1.58. The maximum Gasteiger partial charge on any atom is 0.0267 e. The zero-order valence-electron chi connectivity index (χ0n) is 57.9. The number of hydrogen-bond acceptors (Lipinski definition) is 5. The molecule has 1 aromatic heterocycles. The smallest absolute Gasteiger partial charge is 0.0267 e. The largest absolute Gasteiger partial charge is 0.265 e. The molecule has 7 aliphatic rings. The molecule has 0 spiro atoms. The maximum absolute atomic E-state index is 6.19. The molecule has 0 bridgehead atoms. The molecule has 2 aliphatic heterocycles. The van der Waals surface area contributed by atoms with Gasteiger partial charge < -0.3 is 19.6 Å². The summed E-state index contributed by atoms with van der Waals surface area (Å²) in [6, 6.07) is 77.3. The summed E-state index contributed by atoms with van der Waals surface area (Å²) >= 11 is -3.76. The molecule has 16 rings (SSSR count). The summed E-state index contributed by atoms with van der Waals surface area (Å²) in [6.45, 7) is 17.3. The maximum atomic E-state index is 6.19. The minimum Gasteiger partial charge on any atom is -0.265 e. The number of rotatable bonds is 9. The summed E-state index contributed by atoms with van der Waals surface area (Å²) in [5.74, 6) is 0. The molecule has 5 fully saturated rings. The topological polar surface area (TPSA) is 25.9 Å². The Kier molecular flexibility index (Phi) is 32.2. The van der Waals surface area contributed by atoms with Crippen molar-refractivity contribution in [2.24, 2.45) is 0 Å². The zero-order valence-corrected chi connectivity index (χ0v) is 65.4. The predicted molar refractivity (Wildman–Crippen MR) is 441 cm³/mol. The number of halogens is 4. The second-order valence-electron chi connectivity index (χ2n) is 26.7. The molecular weight excluding hydrogens is 1510 g/mol. The van der Waals surface area contributed by atoms with Crippen molar-refractivity contribution in [3.05, 3.63) is 318 Å². The molecule has 5 aliphatic carbocycles. The van der Waals surface area contributed by atoms with Gasteiger partial charge in [0.25, 0.3) is 0 Å². The fourth-order valence-corrected chi connectivity index (χ4v) is 25.4. The van der Waals surface area contributed by atoms with E-state index in [0.717, 1.165) is 34.4 Å². The molecule has 101 heavy (non-hydrogen) atoms. The van der Waals surface area contributed by atoms with Gasteiger partial charge in [-0.1, -0.05) is 113 Å². The SMILES string of the molecule is C.C.C1CCC([PH+](C2CCCCC2)C2CCCCC2)CC1.Cc1ccccc1N1[CH-]N(c2ccccc2C)CC1.Cc1ccccc1N1[CH-]N(c2ccccc2C)CC1.[Cl][Ru]([Cl])=[C]1C=C(c2ccccc2)c2ccccc21.[Cl][Ru]([Cl])=[C]1C=C(c2ccccc2)c2ccccc21.c1ccncc1. The average molecular weight is 1620 g/mol. The Morgan fingerprint density at radius 2 is 0.584 bits per heavy atom. The predicted octanol–water partition coefficient (Wildman–Crippen LogP) is 25.2. The Bertz CT molecular complexity index is 3740. The van der Waals surface area contributed by atoms with Crippen molar-refractivity contribution in [1.82, 2.24) is 4.98 Å². The van der Waals surface area contributed by atoms with Crippen molar-refractivity contribution in [3.8, 4) is 0 Å². The summed E-state index contributed by atoms with van der Waals surface area (Å²) in [6.07, 6.45) is 31.6. The second kappa shape index (κ2) is 41.0. The van der Waals surface area contributed by atoms with Crippen LogP contribution < -0.4 is 19.6 Å². The monoisotopic (exact) mass is 1620 g/mol. The van der Waals surface area contributed by atoms with Crippen molar-refractivity contribution in [2.75, 3.05) is 45.8 Å². The minimum atomic E-state index is -1.88. The third-order valence-corrected chi connectivity index (χ3v) is 31.0. The Hall–Kier alpha value is -5.83. The number of anilines is 4. The Balaban J connectivity index is 0.000000143. The van der Waals surface area contributed by atoms with Crippen LogP contribution in [0.1, 0.15) is 167 Å². The van der Waals surface area contributed by atoms with Gasteiger partial charge in [-0.3, -0.25) is 4.98 Å². The van der Waals surface area contributed by atoms with Crippen LogP contribution in [0.25, 0.3) is 11.1 Å². The van der Waals surface area contributed by atoms with Gasteiger partial charge in [0.1, 0.15) is 0 Å². The molecule has 9 aromatic rings. The van der Waals surface area contributed by atoms with Gasteiger partial charge in [-0.05, 0) is 163 Å². The number of hydrogen-bond donors (Lipinski definition) is 0. The molecule has 2 saturated heterocycles. The summed E-state index contributed by atoms with van der Waals surface area (Å²) in [4.78, 5) is 13.1. The van der Waals surface area contributed by atoms with Crippen molar-refractivity contribution >= 4 is 88.8 Å². The van der Waals surface area contributed by atoms with Gasteiger partial charge in [-0.15, -0.1) is 0 Å². The number of para-hydroxylation sites is 4. The molecule has 0 atom stereocenters. The summed E-state index contributed by atoms with van der Waals surface area (Å²) < 4.78 is 2.25. The van der Waals surface area contributed by atoms with E-state index in [1.165, 1.54) is 107 Å². The van der Waals surface area contributed by atoms with Gasteiger partial charge >= 0.3 is 240 Å². The fourth-order valence-electron chi connectivity index (χ4n) is 15.2. The number of allylic oxidation sites excluding steroid dienone is 2. The van der Waals surface area contributed by atoms with Gasteiger partial charge in [0, 0.05) is 69.2 Å². The van der Waals surface area contributed by atoms with Crippen molar-refractivity contribution < 1.29 is 27.0 Å². The number of nitrogens with zero attached hydrogens (tertiary/aromatic N) is 5. The number of pyridine rings is 1. The van der Waals surface area contributed by atoms with Crippen LogP contribution in [0.2, 0.25) is 0 Å². The first-order chi connectivity index (χ1) is 48.5. The normalized spacial score (nSPS) is 16.6. The first kappa shape index (κ1) is 79.3. The zero-order chi connectivity index (χ0) is 68.7. The van der Waals surface area contributed by atoms with Gasteiger partial charge in [0.05, 0.1) is 17.0 Å². The van der Waals surface area contributed by atoms with E-state index >= 15 is 0 Å². The first-order valence-electron chi connectivity index (χ1n) is 35.7. The third kappa shape index (κ3) is 21.7. The molecular formula is C89H105Cl4N5PRu2-. The van der Waals surface area contributed by atoms with Gasteiger partial charge in [0.2, 0.25) is 0 Å². The van der Waals surface area contributed by atoms with Gasteiger partial charge in [-0.25, -0.2) is 0 Å². The molecule has 3 heterocycles. The van der Waals surface area contributed by atoms with Crippen molar-refractivity contribution in [3.63, 3.8) is 0 Å². The molecule has 0 amide bonds. The summed E-state index contributed by atoms with van der Waals surface area (Å²) in [5.41, 5.74) is 23.9. The first-order valence-corrected chi connectivity index (χ1v) is 48.1. The number of benzene rings is 8. The molecule has 536 valence electrons. The molecule has 5 nitrogen and oxygen atoms in total. The van der Waals surface area contributed by atoms with E-state index in [-0.39, 0.29) is 22.8 Å². The molecule has 0 unspecified atom stereocenters. The van der Waals surface area contributed by atoms with Crippen LogP contribution in [-0.4, -0.2) is 56.4 Å². The third-order valence-electron chi connectivity index (χ3n) is 20.1. The molecule has 3 saturated carbocycles. The van der Waals surface area contributed by atoms with E-state index in [0.29, 0.717) is 0 Å². The van der Waals surface area contributed by atoms with Crippen LogP contribution in [0.15, 0.2) is 249 Å².